The third-order valence-corrected chi connectivity index (χ3v) is 4.15. The van der Waals surface area contributed by atoms with E-state index in [1.807, 2.05) is 19.1 Å². The van der Waals surface area contributed by atoms with Gasteiger partial charge in [-0.05, 0) is 31.4 Å². The second-order valence-corrected chi connectivity index (χ2v) is 5.94. The van der Waals surface area contributed by atoms with Crippen LogP contribution in [-0.4, -0.2) is 40.8 Å². The standard InChI is InChI=1S/C16H24N4O2.2ClH/c1-11-4-3-7-18-15(11)8-19-16(22)13-5-6-14(17)10-20(9-13)12(2)21;;/h3-4,7,13-14H,5-6,8-10,17H2,1-2H3,(H,19,22);2*1H/t13-,14+;;/m1../s1. The summed E-state index contributed by atoms with van der Waals surface area (Å²) >= 11 is 0. The summed E-state index contributed by atoms with van der Waals surface area (Å²) in [7, 11) is 0. The molecule has 0 bridgehead atoms. The molecule has 24 heavy (non-hydrogen) atoms. The van der Waals surface area contributed by atoms with Crippen LogP contribution in [0.5, 0.6) is 0 Å². The molecule has 0 saturated carbocycles. The number of aromatic nitrogens is 1. The molecule has 0 spiro atoms. The summed E-state index contributed by atoms with van der Waals surface area (Å²) in [6.45, 7) is 4.86. The van der Waals surface area contributed by atoms with Crippen molar-refractivity contribution in [2.24, 2.45) is 11.7 Å². The number of halogens is 2. The van der Waals surface area contributed by atoms with Gasteiger partial charge in [0.2, 0.25) is 11.8 Å². The number of nitrogens with two attached hydrogens (primary N) is 1. The molecule has 1 aliphatic heterocycles. The van der Waals surface area contributed by atoms with Crippen LogP contribution >= 0.6 is 24.8 Å². The van der Waals surface area contributed by atoms with E-state index in [1.54, 1.807) is 11.1 Å². The van der Waals surface area contributed by atoms with Crippen LogP contribution in [0, 0.1) is 12.8 Å². The first-order chi connectivity index (χ1) is 10.5. The second-order valence-electron chi connectivity index (χ2n) is 5.94. The molecule has 2 heterocycles. The SMILES string of the molecule is CC(=O)N1C[C@@H](N)CC[C@@H](C(=O)NCc2ncccc2C)C1.Cl.Cl. The highest BCUT2D eigenvalue weighted by Crippen LogP contribution is 2.17. The molecule has 0 aliphatic carbocycles. The van der Waals surface area contributed by atoms with E-state index in [-0.39, 0.29) is 48.6 Å². The maximum atomic E-state index is 12.4. The lowest BCUT2D eigenvalue weighted by molar-refractivity contribution is -0.131. The third kappa shape index (κ3) is 6.26. The molecule has 0 aromatic carbocycles. The van der Waals surface area contributed by atoms with Gasteiger partial charge in [0, 0.05) is 32.3 Å². The Balaban J connectivity index is 0.00000264. The maximum absolute atomic E-state index is 12.4. The van der Waals surface area contributed by atoms with Crippen LogP contribution in [-0.2, 0) is 16.1 Å². The predicted molar refractivity (Wildman–Crippen MR) is 98.3 cm³/mol. The minimum Gasteiger partial charge on any atom is -0.350 e. The molecular formula is C16H26Cl2N4O2. The first kappa shape index (κ1) is 22.6. The van der Waals surface area contributed by atoms with Gasteiger partial charge in [-0.3, -0.25) is 14.6 Å². The maximum Gasteiger partial charge on any atom is 0.225 e. The summed E-state index contributed by atoms with van der Waals surface area (Å²) in [5.74, 6) is -0.275. The van der Waals surface area contributed by atoms with Crippen molar-refractivity contribution in [3.63, 3.8) is 0 Å². The van der Waals surface area contributed by atoms with Crippen molar-refractivity contribution in [1.29, 1.82) is 0 Å². The average Bonchev–Trinajstić information content (AvgIpc) is 2.68. The highest BCUT2D eigenvalue weighted by Gasteiger charge is 2.28. The van der Waals surface area contributed by atoms with Gasteiger partial charge in [-0.25, -0.2) is 0 Å². The Kier molecular flexibility index (Phi) is 9.89. The normalized spacial score (nSPS) is 20.2. The number of hydrogen-bond donors (Lipinski definition) is 2. The molecule has 1 aromatic rings. The second kappa shape index (κ2) is 10.5. The number of carbonyl (C=O) groups is 2. The van der Waals surface area contributed by atoms with E-state index in [1.165, 1.54) is 6.92 Å². The van der Waals surface area contributed by atoms with Crippen molar-refractivity contribution in [3.8, 4) is 0 Å². The van der Waals surface area contributed by atoms with Gasteiger partial charge in [0.25, 0.3) is 0 Å². The van der Waals surface area contributed by atoms with Crippen molar-refractivity contribution < 1.29 is 9.59 Å². The lowest BCUT2D eigenvalue weighted by Crippen LogP contribution is -2.42. The topological polar surface area (TPSA) is 88.3 Å². The summed E-state index contributed by atoms with van der Waals surface area (Å²) in [4.78, 5) is 30.0. The van der Waals surface area contributed by atoms with Crippen LogP contribution in [0.4, 0.5) is 0 Å². The summed E-state index contributed by atoms with van der Waals surface area (Å²) < 4.78 is 0. The molecule has 136 valence electrons. The van der Waals surface area contributed by atoms with Gasteiger partial charge < -0.3 is 16.0 Å². The lowest BCUT2D eigenvalue weighted by atomic mass is 10.0. The number of rotatable bonds is 3. The number of amides is 2. The average molecular weight is 377 g/mol. The van der Waals surface area contributed by atoms with Gasteiger partial charge in [-0.1, -0.05) is 6.07 Å². The third-order valence-electron chi connectivity index (χ3n) is 4.15. The summed E-state index contributed by atoms with van der Waals surface area (Å²) in [5, 5.41) is 2.93. The molecule has 0 unspecified atom stereocenters. The fourth-order valence-corrected chi connectivity index (χ4v) is 2.71. The van der Waals surface area contributed by atoms with Crippen LogP contribution < -0.4 is 11.1 Å². The minimum absolute atomic E-state index is 0. The molecule has 2 amide bonds. The van der Waals surface area contributed by atoms with Crippen LogP contribution in [0.15, 0.2) is 18.3 Å². The Hall–Kier alpha value is -1.37. The van der Waals surface area contributed by atoms with E-state index in [0.717, 1.165) is 17.7 Å². The largest absolute Gasteiger partial charge is 0.350 e. The summed E-state index contributed by atoms with van der Waals surface area (Å²) in [6.07, 6.45) is 3.18. The van der Waals surface area contributed by atoms with E-state index in [2.05, 4.69) is 10.3 Å². The van der Waals surface area contributed by atoms with Gasteiger partial charge in [-0.15, -0.1) is 24.8 Å². The van der Waals surface area contributed by atoms with E-state index < -0.39 is 0 Å². The number of pyridine rings is 1. The van der Waals surface area contributed by atoms with Crippen LogP contribution in [0.25, 0.3) is 0 Å². The Morgan fingerprint density at radius 3 is 2.67 bits per heavy atom. The highest BCUT2D eigenvalue weighted by atomic mass is 35.5. The van der Waals surface area contributed by atoms with Crippen molar-refractivity contribution in [1.82, 2.24) is 15.2 Å². The van der Waals surface area contributed by atoms with Crippen molar-refractivity contribution >= 4 is 36.6 Å². The number of aryl methyl sites for hydroxylation is 1. The molecule has 1 aromatic heterocycles. The Morgan fingerprint density at radius 2 is 2.04 bits per heavy atom. The minimum atomic E-state index is -0.207. The summed E-state index contributed by atoms with van der Waals surface area (Å²) in [6, 6.07) is 3.79. The lowest BCUT2D eigenvalue weighted by Gasteiger charge is -2.23. The number of carbonyl (C=O) groups excluding carboxylic acids is 2. The van der Waals surface area contributed by atoms with E-state index in [9.17, 15) is 9.59 Å². The number of hydrogen-bond acceptors (Lipinski definition) is 4. The number of nitrogens with zero attached hydrogens (tertiary/aromatic N) is 2. The van der Waals surface area contributed by atoms with Crippen LogP contribution in [0.3, 0.4) is 0 Å². The molecule has 0 radical (unpaired) electrons. The van der Waals surface area contributed by atoms with Crippen molar-refractivity contribution in [2.75, 3.05) is 13.1 Å². The molecule has 2 rings (SSSR count). The molecule has 1 saturated heterocycles. The summed E-state index contributed by atoms with van der Waals surface area (Å²) in [5.41, 5.74) is 7.89. The number of likely N-dealkylation sites (tertiary alicyclic amines) is 1. The van der Waals surface area contributed by atoms with Gasteiger partial charge in [0.1, 0.15) is 0 Å². The van der Waals surface area contributed by atoms with E-state index in [0.29, 0.717) is 26.1 Å². The first-order valence-corrected chi connectivity index (χ1v) is 7.66. The molecule has 2 atom stereocenters. The van der Waals surface area contributed by atoms with Gasteiger partial charge in [-0.2, -0.15) is 0 Å². The molecule has 1 fully saturated rings. The van der Waals surface area contributed by atoms with Crippen LogP contribution in [0.1, 0.15) is 31.0 Å². The molecule has 6 nitrogen and oxygen atoms in total. The molecule has 1 aliphatic rings. The van der Waals surface area contributed by atoms with Crippen LogP contribution in [0.2, 0.25) is 0 Å². The number of nitrogens with one attached hydrogen (secondary N) is 1. The highest BCUT2D eigenvalue weighted by molar-refractivity contribution is 5.85. The quantitative estimate of drug-likeness (QED) is 0.834. The zero-order valence-electron chi connectivity index (χ0n) is 14.0. The zero-order chi connectivity index (χ0) is 16.1. The predicted octanol–water partition coefficient (Wildman–Crippen LogP) is 1.44. The van der Waals surface area contributed by atoms with Gasteiger partial charge in [0.15, 0.2) is 0 Å². The molecule has 3 N–H and O–H groups in total. The Labute approximate surface area is 155 Å². The smallest absolute Gasteiger partial charge is 0.225 e. The Bertz CT molecular complexity index is 557. The van der Waals surface area contributed by atoms with Crippen molar-refractivity contribution in [2.45, 2.75) is 39.3 Å². The van der Waals surface area contributed by atoms with Crippen molar-refractivity contribution in [3.05, 3.63) is 29.6 Å². The monoisotopic (exact) mass is 376 g/mol. The fraction of sp³-hybridized carbons (Fsp3) is 0.562. The molecule has 8 heteroatoms. The van der Waals surface area contributed by atoms with E-state index in [4.69, 9.17) is 5.73 Å². The van der Waals surface area contributed by atoms with E-state index >= 15 is 0 Å². The molecular weight excluding hydrogens is 351 g/mol. The van der Waals surface area contributed by atoms with Gasteiger partial charge in [0.05, 0.1) is 18.2 Å². The zero-order valence-corrected chi connectivity index (χ0v) is 15.7. The van der Waals surface area contributed by atoms with Gasteiger partial charge >= 0.3 is 0 Å². The fourth-order valence-electron chi connectivity index (χ4n) is 2.71. The Morgan fingerprint density at radius 1 is 1.33 bits per heavy atom. The first-order valence-electron chi connectivity index (χ1n) is 7.66.